The van der Waals surface area contributed by atoms with E-state index in [4.69, 9.17) is 0 Å². The van der Waals surface area contributed by atoms with Crippen molar-refractivity contribution in [3.05, 3.63) is 33.9 Å². The average Bonchev–Trinajstić information content (AvgIpc) is 2.42. The Balaban J connectivity index is 2.18. The summed E-state index contributed by atoms with van der Waals surface area (Å²) >= 11 is 0. The lowest BCUT2D eigenvalue weighted by molar-refractivity contribution is -0.387. The van der Waals surface area contributed by atoms with Gasteiger partial charge in [0.2, 0.25) is 11.7 Å². The highest BCUT2D eigenvalue weighted by molar-refractivity contribution is 5.95. The molecule has 2 N–H and O–H groups in total. The molecule has 1 heterocycles. The zero-order valence-corrected chi connectivity index (χ0v) is 10.5. The number of carbonyl (C=O) groups excluding carboxylic acids is 1. The van der Waals surface area contributed by atoms with Gasteiger partial charge in [-0.15, -0.1) is 0 Å². The average molecular weight is 285 g/mol. The SMILES string of the molecule is O=C(Nc1cc([N+](=O)[O-])c(F)cc1F)[C@@H]1CCCCN1. The number of carbonyl (C=O) groups is 1. The van der Waals surface area contributed by atoms with Crippen LogP contribution in [0.4, 0.5) is 20.2 Å². The van der Waals surface area contributed by atoms with Crippen molar-refractivity contribution < 1.29 is 18.5 Å². The zero-order chi connectivity index (χ0) is 14.7. The molecule has 1 aliphatic rings. The van der Waals surface area contributed by atoms with Crippen LogP contribution in [0, 0.1) is 21.7 Å². The largest absolute Gasteiger partial charge is 0.322 e. The lowest BCUT2D eigenvalue weighted by atomic mass is 10.0. The number of nitro benzene ring substituents is 1. The first-order valence-electron chi connectivity index (χ1n) is 6.16. The maximum absolute atomic E-state index is 13.5. The number of nitrogens with one attached hydrogen (secondary N) is 2. The van der Waals surface area contributed by atoms with Crippen molar-refractivity contribution in [2.24, 2.45) is 0 Å². The van der Waals surface area contributed by atoms with E-state index in [2.05, 4.69) is 10.6 Å². The van der Waals surface area contributed by atoms with Crippen molar-refractivity contribution in [1.29, 1.82) is 0 Å². The van der Waals surface area contributed by atoms with Gasteiger partial charge < -0.3 is 10.6 Å². The number of halogens is 2. The highest BCUT2D eigenvalue weighted by Crippen LogP contribution is 2.25. The fourth-order valence-electron chi connectivity index (χ4n) is 2.07. The van der Waals surface area contributed by atoms with Gasteiger partial charge in [0.25, 0.3) is 0 Å². The maximum Gasteiger partial charge on any atom is 0.307 e. The molecule has 1 amide bonds. The minimum Gasteiger partial charge on any atom is -0.322 e. The summed E-state index contributed by atoms with van der Waals surface area (Å²) in [5.41, 5.74) is -1.27. The number of amides is 1. The molecular formula is C12H13F2N3O3. The second kappa shape index (κ2) is 5.91. The van der Waals surface area contributed by atoms with Crippen molar-refractivity contribution in [3.63, 3.8) is 0 Å². The normalized spacial score (nSPS) is 18.6. The monoisotopic (exact) mass is 285 g/mol. The van der Waals surface area contributed by atoms with E-state index in [0.717, 1.165) is 12.8 Å². The van der Waals surface area contributed by atoms with Gasteiger partial charge >= 0.3 is 5.69 Å². The predicted octanol–water partition coefficient (Wildman–Crippen LogP) is 1.95. The summed E-state index contributed by atoms with van der Waals surface area (Å²) in [6.45, 7) is 0.685. The molecular weight excluding hydrogens is 272 g/mol. The molecule has 20 heavy (non-hydrogen) atoms. The van der Waals surface area contributed by atoms with Crippen molar-refractivity contribution in [1.82, 2.24) is 5.32 Å². The molecule has 1 fully saturated rings. The Morgan fingerprint density at radius 2 is 2.10 bits per heavy atom. The van der Waals surface area contributed by atoms with Gasteiger partial charge in [0.05, 0.1) is 16.7 Å². The van der Waals surface area contributed by atoms with Gasteiger partial charge in [0, 0.05) is 12.1 Å². The zero-order valence-electron chi connectivity index (χ0n) is 10.5. The van der Waals surface area contributed by atoms with Gasteiger partial charge in [-0.05, 0) is 19.4 Å². The first kappa shape index (κ1) is 14.3. The molecule has 1 atom stereocenters. The minimum absolute atomic E-state index is 0.391. The van der Waals surface area contributed by atoms with Crippen molar-refractivity contribution in [2.75, 3.05) is 11.9 Å². The van der Waals surface area contributed by atoms with Crippen LogP contribution in [0.5, 0.6) is 0 Å². The Morgan fingerprint density at radius 3 is 2.70 bits per heavy atom. The van der Waals surface area contributed by atoms with E-state index in [-0.39, 0.29) is 0 Å². The number of hydrogen-bond acceptors (Lipinski definition) is 4. The van der Waals surface area contributed by atoms with Gasteiger partial charge in [-0.1, -0.05) is 6.42 Å². The first-order chi connectivity index (χ1) is 9.49. The van der Waals surface area contributed by atoms with Gasteiger partial charge in [0.1, 0.15) is 5.82 Å². The van der Waals surface area contributed by atoms with Gasteiger partial charge in [-0.3, -0.25) is 14.9 Å². The quantitative estimate of drug-likeness (QED) is 0.656. The molecule has 1 aromatic carbocycles. The number of rotatable bonds is 3. The second-order valence-electron chi connectivity index (χ2n) is 4.53. The fraction of sp³-hybridized carbons (Fsp3) is 0.417. The van der Waals surface area contributed by atoms with Crippen LogP contribution in [0.25, 0.3) is 0 Å². The number of anilines is 1. The van der Waals surface area contributed by atoms with Gasteiger partial charge in [0.15, 0.2) is 0 Å². The van der Waals surface area contributed by atoms with Crippen molar-refractivity contribution in [2.45, 2.75) is 25.3 Å². The molecule has 2 rings (SSSR count). The number of hydrogen-bond donors (Lipinski definition) is 2. The Kier molecular flexibility index (Phi) is 4.23. The number of nitrogens with zero attached hydrogens (tertiary/aromatic N) is 1. The molecule has 0 saturated carbocycles. The molecule has 1 saturated heterocycles. The lowest BCUT2D eigenvalue weighted by Gasteiger charge is -2.22. The summed E-state index contributed by atoms with van der Waals surface area (Å²) in [4.78, 5) is 21.5. The molecule has 1 aromatic rings. The third kappa shape index (κ3) is 3.08. The predicted molar refractivity (Wildman–Crippen MR) is 67.3 cm³/mol. The highest BCUT2D eigenvalue weighted by Gasteiger charge is 2.24. The summed E-state index contributed by atoms with van der Waals surface area (Å²) in [6, 6.07) is 0.611. The molecule has 0 radical (unpaired) electrons. The van der Waals surface area contributed by atoms with E-state index in [1.54, 1.807) is 0 Å². The molecule has 0 aromatic heterocycles. The molecule has 0 aliphatic carbocycles. The van der Waals surface area contributed by atoms with Crippen molar-refractivity contribution in [3.8, 4) is 0 Å². The van der Waals surface area contributed by atoms with Crippen LogP contribution in [-0.4, -0.2) is 23.4 Å². The second-order valence-corrected chi connectivity index (χ2v) is 4.53. The Hall–Kier alpha value is -2.09. The maximum atomic E-state index is 13.5. The molecule has 108 valence electrons. The number of nitro groups is 1. The van der Waals surface area contributed by atoms with Gasteiger partial charge in [-0.2, -0.15) is 4.39 Å². The summed E-state index contributed by atoms with van der Waals surface area (Å²) in [5, 5.41) is 15.8. The summed E-state index contributed by atoms with van der Waals surface area (Å²) in [6.07, 6.45) is 2.44. The Bertz CT molecular complexity index is 545. The van der Waals surface area contributed by atoms with Crippen LogP contribution >= 0.6 is 0 Å². The van der Waals surface area contributed by atoms with E-state index in [0.29, 0.717) is 25.1 Å². The molecule has 0 spiro atoms. The van der Waals surface area contributed by atoms with Crippen LogP contribution in [0.2, 0.25) is 0 Å². The molecule has 0 bridgehead atoms. The van der Waals surface area contributed by atoms with Crippen LogP contribution in [-0.2, 0) is 4.79 Å². The smallest absolute Gasteiger partial charge is 0.307 e. The van der Waals surface area contributed by atoms with Crippen LogP contribution in [0.3, 0.4) is 0 Å². The molecule has 1 aliphatic heterocycles. The number of piperidine rings is 1. The summed E-state index contributed by atoms with van der Waals surface area (Å²) in [7, 11) is 0. The van der Waals surface area contributed by atoms with E-state index in [9.17, 15) is 23.7 Å². The summed E-state index contributed by atoms with van der Waals surface area (Å²) in [5.74, 6) is -2.80. The minimum atomic E-state index is -1.28. The van der Waals surface area contributed by atoms with Crippen LogP contribution in [0.15, 0.2) is 12.1 Å². The Morgan fingerprint density at radius 1 is 1.35 bits per heavy atom. The lowest BCUT2D eigenvalue weighted by Crippen LogP contribution is -2.43. The fourth-order valence-corrected chi connectivity index (χ4v) is 2.07. The molecule has 8 heteroatoms. The molecule has 6 nitrogen and oxygen atoms in total. The Labute approximate surface area is 113 Å². The first-order valence-corrected chi connectivity index (χ1v) is 6.16. The highest BCUT2D eigenvalue weighted by atomic mass is 19.1. The van der Waals surface area contributed by atoms with E-state index >= 15 is 0 Å². The topological polar surface area (TPSA) is 84.3 Å². The van der Waals surface area contributed by atoms with E-state index in [1.807, 2.05) is 0 Å². The third-order valence-corrected chi connectivity index (χ3v) is 3.12. The standard InChI is InChI=1S/C12H13F2N3O3/c13-7-5-8(14)11(17(19)20)6-10(7)16-12(18)9-3-1-2-4-15-9/h5-6,9,15H,1-4H2,(H,16,18)/t9-/m0/s1. The number of benzene rings is 1. The third-order valence-electron chi connectivity index (χ3n) is 3.12. The van der Waals surface area contributed by atoms with Crippen LogP contribution in [0.1, 0.15) is 19.3 Å². The van der Waals surface area contributed by atoms with E-state index < -0.39 is 39.9 Å². The van der Waals surface area contributed by atoms with Gasteiger partial charge in [-0.25, -0.2) is 4.39 Å². The van der Waals surface area contributed by atoms with Crippen molar-refractivity contribution >= 4 is 17.3 Å². The van der Waals surface area contributed by atoms with E-state index in [1.165, 1.54) is 0 Å². The summed E-state index contributed by atoms with van der Waals surface area (Å²) < 4.78 is 26.7. The molecule has 0 unspecified atom stereocenters. The van der Waals surface area contributed by atoms with Crippen LogP contribution < -0.4 is 10.6 Å².